The summed E-state index contributed by atoms with van der Waals surface area (Å²) in [6, 6.07) is 7.47. The largest absolute Gasteiger partial charge is 0.368 e. The zero-order valence-corrected chi connectivity index (χ0v) is 13.8. The average Bonchev–Trinajstić information content (AvgIpc) is 2.56. The molecule has 0 radical (unpaired) electrons. The number of rotatable bonds is 2. The van der Waals surface area contributed by atoms with Crippen molar-refractivity contribution in [2.45, 2.75) is 32.2 Å². The standard InChI is InChI=1S/C17H19ClN4O/c1-11(23)22-9-3-2-4-15(22)16-14(10-20-17(19)21-16)12-5-7-13(18)8-6-12/h5-8,10,15H,2-4,9H2,1H3,(H2,19,20,21)/t15-/m1/s1. The number of hydrogen-bond donors (Lipinski definition) is 1. The van der Waals surface area contributed by atoms with Crippen LogP contribution in [-0.2, 0) is 4.79 Å². The van der Waals surface area contributed by atoms with Crippen molar-refractivity contribution in [2.75, 3.05) is 12.3 Å². The minimum atomic E-state index is -0.0581. The molecule has 2 heterocycles. The molecule has 1 saturated heterocycles. The molecule has 0 unspecified atom stereocenters. The van der Waals surface area contributed by atoms with E-state index in [2.05, 4.69) is 9.97 Å². The topological polar surface area (TPSA) is 72.1 Å². The average molecular weight is 331 g/mol. The summed E-state index contributed by atoms with van der Waals surface area (Å²) in [5.74, 6) is 0.292. The molecule has 1 aliphatic rings. The van der Waals surface area contributed by atoms with E-state index in [0.717, 1.165) is 42.6 Å². The third kappa shape index (κ3) is 3.29. The lowest BCUT2D eigenvalue weighted by Crippen LogP contribution is -2.37. The van der Waals surface area contributed by atoms with Gasteiger partial charge < -0.3 is 10.6 Å². The van der Waals surface area contributed by atoms with Crippen molar-refractivity contribution in [3.63, 3.8) is 0 Å². The van der Waals surface area contributed by atoms with Crippen molar-refractivity contribution < 1.29 is 4.79 Å². The van der Waals surface area contributed by atoms with Gasteiger partial charge in [0.25, 0.3) is 0 Å². The van der Waals surface area contributed by atoms with E-state index in [4.69, 9.17) is 17.3 Å². The van der Waals surface area contributed by atoms with Gasteiger partial charge in [0.15, 0.2) is 0 Å². The predicted molar refractivity (Wildman–Crippen MR) is 90.9 cm³/mol. The molecule has 1 aromatic carbocycles. The predicted octanol–water partition coefficient (Wildman–Crippen LogP) is 3.45. The summed E-state index contributed by atoms with van der Waals surface area (Å²) in [7, 11) is 0. The first-order chi connectivity index (χ1) is 11.1. The van der Waals surface area contributed by atoms with Crippen LogP contribution in [-0.4, -0.2) is 27.3 Å². The van der Waals surface area contributed by atoms with Crippen LogP contribution in [0.5, 0.6) is 0 Å². The first kappa shape index (κ1) is 15.7. The van der Waals surface area contributed by atoms with Gasteiger partial charge in [-0.3, -0.25) is 4.79 Å². The van der Waals surface area contributed by atoms with E-state index in [0.29, 0.717) is 5.02 Å². The molecule has 1 atom stereocenters. The van der Waals surface area contributed by atoms with E-state index in [1.165, 1.54) is 0 Å². The molecule has 1 aromatic heterocycles. The van der Waals surface area contributed by atoms with Gasteiger partial charge in [0.1, 0.15) is 0 Å². The fraction of sp³-hybridized carbons (Fsp3) is 0.353. The minimum absolute atomic E-state index is 0.0581. The zero-order chi connectivity index (χ0) is 16.4. The van der Waals surface area contributed by atoms with E-state index in [1.807, 2.05) is 29.2 Å². The quantitative estimate of drug-likeness (QED) is 0.915. The summed E-state index contributed by atoms with van der Waals surface area (Å²) < 4.78 is 0. The van der Waals surface area contributed by atoms with Crippen LogP contribution in [0.2, 0.25) is 5.02 Å². The highest BCUT2D eigenvalue weighted by Crippen LogP contribution is 2.36. The number of carbonyl (C=O) groups is 1. The molecule has 2 N–H and O–H groups in total. The van der Waals surface area contributed by atoms with Gasteiger partial charge in [-0.15, -0.1) is 0 Å². The fourth-order valence-electron chi connectivity index (χ4n) is 3.11. The number of likely N-dealkylation sites (tertiary alicyclic amines) is 1. The normalized spacial score (nSPS) is 18.0. The Bertz CT molecular complexity index is 717. The Labute approximate surface area is 140 Å². The second-order valence-corrected chi connectivity index (χ2v) is 6.19. The Morgan fingerprint density at radius 1 is 1.30 bits per heavy atom. The van der Waals surface area contributed by atoms with Crippen molar-refractivity contribution in [2.24, 2.45) is 0 Å². The molecule has 1 fully saturated rings. The number of amides is 1. The molecule has 6 heteroatoms. The number of piperidine rings is 1. The number of aromatic nitrogens is 2. The molecule has 1 aliphatic heterocycles. The van der Waals surface area contributed by atoms with E-state index >= 15 is 0 Å². The van der Waals surface area contributed by atoms with Gasteiger partial charge in [0.05, 0.1) is 11.7 Å². The van der Waals surface area contributed by atoms with E-state index in [1.54, 1.807) is 13.1 Å². The zero-order valence-electron chi connectivity index (χ0n) is 13.0. The molecular weight excluding hydrogens is 312 g/mol. The molecule has 5 nitrogen and oxygen atoms in total. The molecule has 0 saturated carbocycles. The summed E-state index contributed by atoms with van der Waals surface area (Å²) >= 11 is 5.97. The molecule has 3 rings (SSSR count). The van der Waals surface area contributed by atoms with E-state index in [-0.39, 0.29) is 17.9 Å². The smallest absolute Gasteiger partial charge is 0.220 e. The molecule has 23 heavy (non-hydrogen) atoms. The monoisotopic (exact) mass is 330 g/mol. The lowest BCUT2D eigenvalue weighted by atomic mass is 9.94. The number of halogens is 1. The summed E-state index contributed by atoms with van der Waals surface area (Å²) in [6.07, 6.45) is 4.70. The Morgan fingerprint density at radius 2 is 2.04 bits per heavy atom. The van der Waals surface area contributed by atoms with Gasteiger partial charge in [-0.25, -0.2) is 9.97 Å². The van der Waals surface area contributed by atoms with Crippen LogP contribution in [0.4, 0.5) is 5.95 Å². The molecule has 120 valence electrons. The van der Waals surface area contributed by atoms with Gasteiger partial charge in [0.2, 0.25) is 11.9 Å². The SMILES string of the molecule is CC(=O)N1CCCC[C@@H]1c1nc(N)ncc1-c1ccc(Cl)cc1. The van der Waals surface area contributed by atoms with Gasteiger partial charge in [-0.1, -0.05) is 23.7 Å². The third-order valence-corrected chi connectivity index (χ3v) is 4.47. The van der Waals surface area contributed by atoms with Crippen LogP contribution < -0.4 is 5.73 Å². The maximum Gasteiger partial charge on any atom is 0.220 e. The van der Waals surface area contributed by atoms with E-state index in [9.17, 15) is 4.79 Å². The van der Waals surface area contributed by atoms with Crippen LogP contribution in [0.25, 0.3) is 11.1 Å². The summed E-state index contributed by atoms with van der Waals surface area (Å²) in [6.45, 7) is 2.36. The second-order valence-electron chi connectivity index (χ2n) is 5.76. The Morgan fingerprint density at radius 3 is 2.74 bits per heavy atom. The van der Waals surface area contributed by atoms with Gasteiger partial charge in [-0.2, -0.15) is 0 Å². The van der Waals surface area contributed by atoms with Crippen molar-refractivity contribution in [1.82, 2.24) is 14.9 Å². The van der Waals surface area contributed by atoms with Crippen LogP contribution in [0.3, 0.4) is 0 Å². The van der Waals surface area contributed by atoms with Gasteiger partial charge in [0, 0.05) is 30.3 Å². The lowest BCUT2D eigenvalue weighted by molar-refractivity contribution is -0.132. The van der Waals surface area contributed by atoms with Gasteiger partial charge in [-0.05, 0) is 37.0 Å². The second kappa shape index (κ2) is 6.54. The molecule has 2 aromatic rings. The Hall–Kier alpha value is -2.14. The van der Waals surface area contributed by atoms with Crippen LogP contribution in [0.1, 0.15) is 37.9 Å². The molecule has 0 spiro atoms. The molecule has 0 bridgehead atoms. The number of nitrogen functional groups attached to an aromatic ring is 1. The van der Waals surface area contributed by atoms with E-state index < -0.39 is 0 Å². The number of benzene rings is 1. The van der Waals surface area contributed by atoms with Crippen LogP contribution in [0, 0.1) is 0 Å². The van der Waals surface area contributed by atoms with Gasteiger partial charge >= 0.3 is 0 Å². The first-order valence-electron chi connectivity index (χ1n) is 7.72. The maximum absolute atomic E-state index is 12.0. The Balaban J connectivity index is 2.08. The number of anilines is 1. The highest BCUT2D eigenvalue weighted by Gasteiger charge is 2.29. The molecule has 1 amide bonds. The summed E-state index contributed by atoms with van der Waals surface area (Å²) in [5, 5.41) is 0.676. The van der Waals surface area contributed by atoms with Crippen molar-refractivity contribution in [3.8, 4) is 11.1 Å². The lowest BCUT2D eigenvalue weighted by Gasteiger charge is -2.35. The summed E-state index contributed by atoms with van der Waals surface area (Å²) in [4.78, 5) is 22.5. The first-order valence-corrected chi connectivity index (χ1v) is 8.09. The number of hydrogen-bond acceptors (Lipinski definition) is 4. The van der Waals surface area contributed by atoms with Crippen molar-refractivity contribution >= 4 is 23.5 Å². The van der Waals surface area contributed by atoms with Crippen molar-refractivity contribution in [1.29, 1.82) is 0 Å². The highest BCUT2D eigenvalue weighted by molar-refractivity contribution is 6.30. The molecule has 0 aliphatic carbocycles. The molecular formula is C17H19ClN4O. The Kier molecular flexibility index (Phi) is 4.48. The number of carbonyl (C=O) groups excluding carboxylic acids is 1. The highest BCUT2D eigenvalue weighted by atomic mass is 35.5. The maximum atomic E-state index is 12.0. The minimum Gasteiger partial charge on any atom is -0.368 e. The number of nitrogens with two attached hydrogens (primary N) is 1. The van der Waals surface area contributed by atoms with Crippen LogP contribution >= 0.6 is 11.6 Å². The van der Waals surface area contributed by atoms with Crippen LogP contribution in [0.15, 0.2) is 30.5 Å². The fourth-order valence-corrected chi connectivity index (χ4v) is 3.23. The third-order valence-electron chi connectivity index (χ3n) is 4.22. The summed E-state index contributed by atoms with van der Waals surface area (Å²) in [5.41, 5.74) is 8.49. The number of nitrogens with zero attached hydrogens (tertiary/aromatic N) is 3. The van der Waals surface area contributed by atoms with Crippen molar-refractivity contribution in [3.05, 3.63) is 41.2 Å².